The van der Waals surface area contributed by atoms with Gasteiger partial charge in [-0.2, -0.15) is 30.4 Å². The maximum atomic E-state index is 11.7. The second-order valence-electron chi connectivity index (χ2n) is 7.08. The molecule has 15 nitrogen and oxygen atoms in total. The topological polar surface area (TPSA) is 258 Å². The quantitative estimate of drug-likeness (QED) is 0.0454. The Labute approximate surface area is 210 Å². The Kier molecular flexibility index (Phi) is 7.62. The minimum Gasteiger partial charge on any atom is -0.504 e. The largest absolute Gasteiger partial charge is 0.504 e. The molecule has 3 aromatic carbocycles. The van der Waals surface area contributed by atoms with Crippen molar-refractivity contribution in [1.82, 2.24) is 0 Å². The van der Waals surface area contributed by atoms with E-state index in [-0.39, 0.29) is 17.1 Å². The molecule has 0 atom stereocenters. The van der Waals surface area contributed by atoms with Gasteiger partial charge in [-0.1, -0.05) is 30.3 Å². The second kappa shape index (κ2) is 10.2. The van der Waals surface area contributed by atoms with Crippen molar-refractivity contribution in [2.75, 3.05) is 11.2 Å². The zero-order valence-electron chi connectivity index (χ0n) is 18.2. The normalized spacial score (nSPS) is 13.1. The fourth-order valence-electron chi connectivity index (χ4n) is 2.76. The minimum atomic E-state index is -4.91. The highest BCUT2D eigenvalue weighted by Gasteiger charge is 2.20. The molecule has 0 aliphatic rings. The molecule has 0 spiro atoms. The van der Waals surface area contributed by atoms with Crippen molar-refractivity contribution < 1.29 is 44.0 Å². The van der Waals surface area contributed by atoms with Crippen molar-refractivity contribution in [3.05, 3.63) is 66.2 Å². The van der Waals surface area contributed by atoms with Crippen molar-refractivity contribution in [1.29, 1.82) is 0 Å². The third-order valence-corrected chi connectivity index (χ3v) is 7.07. The van der Waals surface area contributed by atoms with Crippen molar-refractivity contribution in [2.24, 2.45) is 15.3 Å². The van der Waals surface area contributed by atoms with Crippen LogP contribution in [0, 0.1) is 0 Å². The molecule has 0 unspecified atom stereocenters. The number of azo groups is 1. The molecule has 18 heteroatoms. The number of nitrogens with two attached hydrogens (primary N) is 1. The number of nitrogens with one attached hydrogen (secondary N) is 1. The average molecular weight is 572 g/mol. The Hall–Kier alpha value is -3.94. The maximum absolute atomic E-state index is 11.7. The lowest BCUT2D eigenvalue weighted by molar-refractivity contribution is 0.476. The van der Waals surface area contributed by atoms with Crippen LogP contribution in [-0.4, -0.2) is 49.9 Å². The number of nitrogens with zero attached hydrogens (tertiary/aromatic N) is 3. The van der Waals surface area contributed by atoms with Gasteiger partial charge in [0.15, 0.2) is 5.75 Å². The Morgan fingerprint density at radius 3 is 1.97 bits per heavy atom. The first-order chi connectivity index (χ1) is 17.1. The summed E-state index contributed by atoms with van der Waals surface area (Å²) < 4.78 is 97.3. The lowest BCUT2D eigenvalue weighted by Crippen LogP contribution is -2.05. The number of anilines is 2. The Morgan fingerprint density at radius 2 is 1.41 bits per heavy atom. The second-order valence-corrected chi connectivity index (χ2v) is 11.3. The van der Waals surface area contributed by atoms with Gasteiger partial charge >= 0.3 is 0 Å². The van der Waals surface area contributed by atoms with E-state index in [0.29, 0.717) is 12.1 Å². The van der Waals surface area contributed by atoms with Crippen LogP contribution in [0.25, 0.3) is 0 Å². The summed E-state index contributed by atoms with van der Waals surface area (Å²) in [7, 11) is -14.4. The van der Waals surface area contributed by atoms with Crippen LogP contribution in [0.5, 0.6) is 5.75 Å². The third kappa shape index (κ3) is 6.84. The molecule has 7 N–H and O–H groups in total. The molecule has 0 radical (unpaired) electrons. The average Bonchev–Trinajstić information content (AvgIpc) is 2.80. The molecular weight excluding hydrogens is 554 g/mol. The molecule has 3 rings (SSSR count). The Morgan fingerprint density at radius 1 is 0.784 bits per heavy atom. The molecule has 0 saturated heterocycles. The molecule has 0 fully saturated rings. The number of amidine groups is 1. The highest BCUT2D eigenvalue weighted by Crippen LogP contribution is 2.33. The van der Waals surface area contributed by atoms with Crippen LogP contribution in [0.4, 0.5) is 17.1 Å². The van der Waals surface area contributed by atoms with Gasteiger partial charge in [0.05, 0.1) is 15.5 Å². The van der Waals surface area contributed by atoms with Gasteiger partial charge in [-0.05, 0) is 30.3 Å². The summed E-state index contributed by atoms with van der Waals surface area (Å²) in [6, 6.07) is 11.4. The van der Waals surface area contributed by atoms with Gasteiger partial charge in [0.1, 0.15) is 16.3 Å². The maximum Gasteiger partial charge on any atom is 0.296 e. The molecule has 0 aliphatic carbocycles. The van der Waals surface area contributed by atoms with Crippen LogP contribution in [0.2, 0.25) is 0 Å². The van der Waals surface area contributed by atoms with Crippen LogP contribution in [0.3, 0.4) is 0 Å². The van der Waals surface area contributed by atoms with E-state index >= 15 is 0 Å². The van der Waals surface area contributed by atoms with E-state index in [2.05, 4.69) is 20.8 Å². The van der Waals surface area contributed by atoms with Gasteiger partial charge in [-0.25, -0.2) is 0 Å². The van der Waals surface area contributed by atoms with Gasteiger partial charge in [0.2, 0.25) is 5.84 Å². The minimum absolute atomic E-state index is 0.247. The van der Waals surface area contributed by atoms with Crippen LogP contribution in [0.15, 0.2) is 90.7 Å². The molecule has 0 aromatic heterocycles. The van der Waals surface area contributed by atoms with Crippen LogP contribution in [-0.2, 0) is 30.4 Å². The zero-order valence-corrected chi connectivity index (χ0v) is 20.6. The zero-order chi connectivity index (χ0) is 27.6. The van der Waals surface area contributed by atoms with E-state index in [0.717, 1.165) is 18.2 Å². The highest BCUT2D eigenvalue weighted by molar-refractivity contribution is 7.86. The monoisotopic (exact) mass is 571 g/mol. The molecule has 37 heavy (non-hydrogen) atoms. The molecule has 0 saturated carbocycles. The first-order valence-corrected chi connectivity index (χ1v) is 13.9. The Bertz CT molecular complexity index is 1740. The summed E-state index contributed by atoms with van der Waals surface area (Å²) in [4.78, 5) is -2.24. The predicted molar refractivity (Wildman–Crippen MR) is 130 cm³/mol. The smallest absolute Gasteiger partial charge is 0.296 e. The lowest BCUT2D eigenvalue weighted by Gasteiger charge is -2.09. The molecule has 0 bridgehead atoms. The predicted octanol–water partition coefficient (Wildman–Crippen LogP) is 2.27. The van der Waals surface area contributed by atoms with Gasteiger partial charge in [0.25, 0.3) is 30.4 Å². The van der Waals surface area contributed by atoms with Crippen LogP contribution < -0.4 is 11.2 Å². The van der Waals surface area contributed by atoms with Crippen LogP contribution in [0.1, 0.15) is 5.56 Å². The van der Waals surface area contributed by atoms with E-state index in [9.17, 15) is 44.0 Å². The number of hydrazone groups is 1. The van der Waals surface area contributed by atoms with Gasteiger partial charge in [-0.15, -0.1) is 10.2 Å². The molecule has 196 valence electrons. The van der Waals surface area contributed by atoms with Crippen molar-refractivity contribution >= 4 is 53.3 Å². The fraction of sp³-hybridized carbons (Fsp3) is 0. The summed E-state index contributed by atoms with van der Waals surface area (Å²) in [5, 5.41) is 21.5. The Balaban J connectivity index is 2.15. The van der Waals surface area contributed by atoms with E-state index in [1.807, 2.05) is 0 Å². The molecule has 0 heterocycles. The SMILES string of the molecule is Nc1cc(S(=O)(=O)O)cc(N/N=C(\N=Nc2cc(S(=O)(=O)O)ccc2S(=O)(=O)O)c2ccccc2)c1O. The number of aromatic hydroxyl groups is 1. The first kappa shape index (κ1) is 27.6. The number of rotatable bonds is 7. The summed E-state index contributed by atoms with van der Waals surface area (Å²) in [6.07, 6.45) is 0. The van der Waals surface area contributed by atoms with Crippen molar-refractivity contribution in [3.63, 3.8) is 0 Å². The number of hydrogen-bond donors (Lipinski definition) is 6. The summed E-state index contributed by atoms with van der Waals surface area (Å²) in [5.41, 5.74) is 6.65. The number of hydrogen-bond acceptors (Lipinski definition) is 11. The third-order valence-electron chi connectivity index (χ3n) is 4.48. The molecular formula is C19H17N5O10S3. The number of benzene rings is 3. The summed E-state index contributed by atoms with van der Waals surface area (Å²) in [6.45, 7) is 0. The summed E-state index contributed by atoms with van der Waals surface area (Å²) in [5.74, 6) is -0.940. The molecule has 3 aromatic rings. The standard InChI is InChI=1S/C19H17N5O10S3/c20-14-8-13(36(29,30)31)10-16(18(14)25)22-24-19(11-4-2-1-3-5-11)23-21-15-9-12(35(26,27)28)6-7-17(15)37(32,33)34/h1-10,22,25H,20H2,(H,26,27,28)(H,29,30,31)(H,32,33,34)/b23-21?,24-19-. The van der Waals surface area contributed by atoms with Gasteiger partial charge in [-0.3, -0.25) is 19.1 Å². The van der Waals surface area contributed by atoms with Crippen LogP contribution >= 0.6 is 0 Å². The lowest BCUT2D eigenvalue weighted by atomic mass is 10.2. The fourth-order valence-corrected chi connectivity index (χ4v) is 4.41. The first-order valence-electron chi connectivity index (χ1n) is 9.57. The van der Waals surface area contributed by atoms with Crippen molar-refractivity contribution in [3.8, 4) is 5.75 Å². The highest BCUT2D eigenvalue weighted by atomic mass is 32.2. The van der Waals surface area contributed by atoms with Crippen molar-refractivity contribution in [2.45, 2.75) is 14.7 Å². The van der Waals surface area contributed by atoms with E-state index in [4.69, 9.17) is 5.73 Å². The number of phenolic OH excluding ortho intramolecular Hbond substituents is 1. The van der Waals surface area contributed by atoms with Gasteiger partial charge < -0.3 is 10.8 Å². The number of nitrogen functional groups attached to an aromatic ring is 1. The summed E-state index contributed by atoms with van der Waals surface area (Å²) >= 11 is 0. The molecule has 0 aliphatic heterocycles. The van der Waals surface area contributed by atoms with E-state index in [1.165, 1.54) is 12.1 Å². The van der Waals surface area contributed by atoms with E-state index in [1.54, 1.807) is 18.2 Å². The molecule has 0 amide bonds. The number of phenols is 1. The van der Waals surface area contributed by atoms with E-state index < -0.39 is 62.2 Å². The van der Waals surface area contributed by atoms with Gasteiger partial charge in [0, 0.05) is 5.56 Å².